The van der Waals surface area contributed by atoms with Gasteiger partial charge in [-0.3, -0.25) is 0 Å². The first-order valence-electron chi connectivity index (χ1n) is 9.70. The predicted molar refractivity (Wildman–Crippen MR) is 128 cm³/mol. The minimum Gasteiger partial charge on any atom is -0.247 e. The molecule has 0 fully saturated rings. The summed E-state index contributed by atoms with van der Waals surface area (Å²) in [6.45, 7) is 0. The maximum atomic E-state index is 6.40. The van der Waals surface area contributed by atoms with Crippen LogP contribution in [0.3, 0.4) is 0 Å². The van der Waals surface area contributed by atoms with E-state index in [-0.39, 0.29) is 0 Å². The van der Waals surface area contributed by atoms with Crippen molar-refractivity contribution in [3.8, 4) is 0 Å². The molecular formula is C27H17Cl2N. The maximum absolute atomic E-state index is 6.40. The summed E-state index contributed by atoms with van der Waals surface area (Å²) in [7, 11) is 0. The van der Waals surface area contributed by atoms with Crippen LogP contribution in [0, 0.1) is 0 Å². The van der Waals surface area contributed by atoms with Crippen LogP contribution in [-0.2, 0) is 0 Å². The van der Waals surface area contributed by atoms with Crippen LogP contribution < -0.4 is 0 Å². The zero-order valence-corrected chi connectivity index (χ0v) is 17.5. The second-order valence-corrected chi connectivity index (χ2v) is 8.02. The van der Waals surface area contributed by atoms with Gasteiger partial charge in [0.25, 0.3) is 0 Å². The molecule has 4 aromatic carbocycles. The van der Waals surface area contributed by atoms with Crippen molar-refractivity contribution in [2.24, 2.45) is 4.99 Å². The fourth-order valence-electron chi connectivity index (χ4n) is 3.77. The third kappa shape index (κ3) is 3.59. The first kappa shape index (κ1) is 18.9. The number of fused-ring (bicyclic) bond motifs is 2. The SMILES string of the molecule is Clc1ccc2c(c1)C(c1ccccc1)=Nc1ccc(Cl)cc1/C(c1ccccc1)=C\2. The standard InChI is InChI=1S/C27H17Cl2N/c28-21-12-11-20-15-23(18-7-3-1-4-8-18)25-17-22(29)13-14-26(25)30-27(24(20)16-21)19-9-5-2-6-10-19/h1-17H/b20-15?,23-15-,25-23?,27-24?,30-26?,30-27?. The Balaban J connectivity index is 1.86. The van der Waals surface area contributed by atoms with Crippen LogP contribution in [0.2, 0.25) is 10.0 Å². The van der Waals surface area contributed by atoms with Crippen LogP contribution in [0.1, 0.15) is 27.8 Å². The molecule has 1 aliphatic rings. The van der Waals surface area contributed by atoms with Crippen LogP contribution in [0.5, 0.6) is 0 Å². The van der Waals surface area contributed by atoms with E-state index in [9.17, 15) is 0 Å². The molecule has 0 radical (unpaired) electrons. The molecule has 0 amide bonds. The van der Waals surface area contributed by atoms with Crippen molar-refractivity contribution >= 4 is 46.3 Å². The lowest BCUT2D eigenvalue weighted by atomic mass is 9.89. The molecule has 3 heteroatoms. The largest absolute Gasteiger partial charge is 0.247 e. The van der Waals surface area contributed by atoms with Crippen molar-refractivity contribution in [2.45, 2.75) is 0 Å². The third-order valence-electron chi connectivity index (χ3n) is 5.18. The van der Waals surface area contributed by atoms with Crippen LogP contribution in [0.4, 0.5) is 5.69 Å². The molecule has 0 saturated heterocycles. The minimum atomic E-state index is 0.684. The predicted octanol–water partition coefficient (Wildman–Crippen LogP) is 8.06. The Morgan fingerprint density at radius 1 is 0.567 bits per heavy atom. The van der Waals surface area contributed by atoms with Gasteiger partial charge in [0.1, 0.15) is 0 Å². The molecule has 0 unspecified atom stereocenters. The van der Waals surface area contributed by atoms with Gasteiger partial charge >= 0.3 is 0 Å². The van der Waals surface area contributed by atoms with E-state index in [1.54, 1.807) is 0 Å². The second-order valence-electron chi connectivity index (χ2n) is 7.14. The Labute approximate surface area is 186 Å². The van der Waals surface area contributed by atoms with Crippen molar-refractivity contribution in [2.75, 3.05) is 0 Å². The Morgan fingerprint density at radius 3 is 1.87 bits per heavy atom. The maximum Gasteiger partial charge on any atom is 0.0788 e. The normalized spacial score (nSPS) is 14.5. The first-order valence-corrected chi connectivity index (χ1v) is 10.5. The van der Waals surface area contributed by atoms with E-state index in [0.717, 1.165) is 44.8 Å². The summed E-state index contributed by atoms with van der Waals surface area (Å²) >= 11 is 12.8. The van der Waals surface area contributed by atoms with Crippen molar-refractivity contribution in [3.05, 3.63) is 135 Å². The Hall–Kier alpha value is -3.13. The highest BCUT2D eigenvalue weighted by atomic mass is 35.5. The average Bonchev–Trinajstić information content (AvgIpc) is 2.77. The summed E-state index contributed by atoms with van der Waals surface area (Å²) in [6.07, 6.45) is 2.20. The Kier molecular flexibility index (Phi) is 5.00. The molecule has 0 saturated carbocycles. The number of nitrogens with zero attached hydrogens (tertiary/aromatic N) is 1. The lowest BCUT2D eigenvalue weighted by Crippen LogP contribution is -2.07. The van der Waals surface area contributed by atoms with Gasteiger partial charge in [0, 0.05) is 26.7 Å². The number of rotatable bonds is 2. The van der Waals surface area contributed by atoms with Gasteiger partial charge in [-0.05, 0) is 53.1 Å². The topological polar surface area (TPSA) is 12.4 Å². The summed E-state index contributed by atoms with van der Waals surface area (Å²) in [5.41, 5.74) is 8.06. The molecule has 5 rings (SSSR count). The fourth-order valence-corrected chi connectivity index (χ4v) is 4.11. The highest BCUT2D eigenvalue weighted by Gasteiger charge is 2.19. The van der Waals surface area contributed by atoms with Crippen molar-refractivity contribution < 1.29 is 0 Å². The van der Waals surface area contributed by atoms with Gasteiger partial charge in [0.05, 0.1) is 11.4 Å². The van der Waals surface area contributed by atoms with Gasteiger partial charge in [-0.25, -0.2) is 4.99 Å². The molecule has 0 N–H and O–H groups in total. The molecule has 30 heavy (non-hydrogen) atoms. The van der Waals surface area contributed by atoms with Crippen molar-refractivity contribution in [1.29, 1.82) is 0 Å². The van der Waals surface area contributed by atoms with E-state index in [1.807, 2.05) is 66.7 Å². The third-order valence-corrected chi connectivity index (χ3v) is 5.65. The fraction of sp³-hybridized carbons (Fsp3) is 0. The van der Waals surface area contributed by atoms with Gasteiger partial charge in [0.15, 0.2) is 0 Å². The molecule has 0 spiro atoms. The van der Waals surface area contributed by atoms with Crippen LogP contribution in [0.15, 0.2) is 102 Å². The zero-order valence-electron chi connectivity index (χ0n) is 16.0. The van der Waals surface area contributed by atoms with E-state index >= 15 is 0 Å². The van der Waals surface area contributed by atoms with Crippen LogP contribution in [-0.4, -0.2) is 5.71 Å². The Morgan fingerprint density at radius 2 is 1.17 bits per heavy atom. The van der Waals surface area contributed by atoms with Crippen LogP contribution >= 0.6 is 23.2 Å². The summed E-state index contributed by atoms with van der Waals surface area (Å²) in [4.78, 5) is 5.13. The molecule has 144 valence electrons. The molecular weight excluding hydrogens is 409 g/mol. The first-order chi connectivity index (χ1) is 14.7. The van der Waals surface area contributed by atoms with E-state index in [2.05, 4.69) is 36.4 Å². The monoisotopic (exact) mass is 425 g/mol. The number of halogens is 2. The van der Waals surface area contributed by atoms with E-state index in [4.69, 9.17) is 28.2 Å². The Bertz CT molecular complexity index is 1190. The van der Waals surface area contributed by atoms with Gasteiger partial charge in [-0.15, -0.1) is 0 Å². The van der Waals surface area contributed by atoms with E-state index in [0.29, 0.717) is 10.0 Å². The number of hydrogen-bond donors (Lipinski definition) is 0. The van der Waals surface area contributed by atoms with E-state index < -0.39 is 0 Å². The quantitative estimate of drug-likeness (QED) is 0.271. The molecule has 4 aromatic rings. The minimum absolute atomic E-state index is 0.684. The molecule has 0 bridgehead atoms. The number of hydrogen-bond acceptors (Lipinski definition) is 1. The summed E-state index contributed by atoms with van der Waals surface area (Å²) in [6, 6.07) is 32.3. The summed E-state index contributed by atoms with van der Waals surface area (Å²) in [5.74, 6) is 0. The molecule has 0 atom stereocenters. The molecule has 1 heterocycles. The van der Waals surface area contributed by atoms with Gasteiger partial charge in [-0.2, -0.15) is 0 Å². The highest BCUT2D eigenvalue weighted by molar-refractivity contribution is 6.32. The van der Waals surface area contributed by atoms with Crippen molar-refractivity contribution in [1.82, 2.24) is 0 Å². The second kappa shape index (κ2) is 7.95. The molecule has 1 nitrogen and oxygen atoms in total. The summed E-state index contributed by atoms with van der Waals surface area (Å²) in [5, 5.41) is 1.37. The molecule has 0 aromatic heterocycles. The van der Waals surface area contributed by atoms with Gasteiger partial charge in [-0.1, -0.05) is 89.9 Å². The van der Waals surface area contributed by atoms with Gasteiger partial charge < -0.3 is 0 Å². The molecule has 1 aliphatic heterocycles. The lowest BCUT2D eigenvalue weighted by molar-refractivity contribution is 1.42. The number of aliphatic imine (C=N–C) groups is 1. The van der Waals surface area contributed by atoms with Gasteiger partial charge in [0.2, 0.25) is 0 Å². The highest BCUT2D eigenvalue weighted by Crippen LogP contribution is 2.38. The van der Waals surface area contributed by atoms with E-state index in [1.165, 1.54) is 0 Å². The van der Waals surface area contributed by atoms with Crippen LogP contribution in [0.25, 0.3) is 11.6 Å². The smallest absolute Gasteiger partial charge is 0.0788 e. The average molecular weight is 426 g/mol. The number of benzene rings is 4. The summed E-state index contributed by atoms with van der Waals surface area (Å²) < 4.78 is 0. The molecule has 0 aliphatic carbocycles. The zero-order chi connectivity index (χ0) is 20.5. The lowest BCUT2D eigenvalue weighted by Gasteiger charge is -2.19. The van der Waals surface area contributed by atoms with Crippen molar-refractivity contribution in [3.63, 3.8) is 0 Å².